The van der Waals surface area contributed by atoms with Gasteiger partial charge in [-0.15, -0.1) is 5.10 Å². The summed E-state index contributed by atoms with van der Waals surface area (Å²) in [6.45, 7) is 2.65. The Morgan fingerprint density at radius 3 is 2.82 bits per heavy atom. The van der Waals surface area contributed by atoms with Crippen LogP contribution in [0.2, 0.25) is 0 Å². The van der Waals surface area contributed by atoms with E-state index in [1.807, 2.05) is 4.68 Å². The first-order valence-corrected chi connectivity index (χ1v) is 7.33. The molecule has 1 N–H and O–H groups in total. The lowest BCUT2D eigenvalue weighted by molar-refractivity contribution is 0.656. The van der Waals surface area contributed by atoms with Crippen molar-refractivity contribution < 1.29 is 0 Å². The molecule has 0 spiro atoms. The van der Waals surface area contributed by atoms with E-state index in [0.29, 0.717) is 6.67 Å². The molecule has 0 radical (unpaired) electrons. The Balaban J connectivity index is 1.66. The fourth-order valence-corrected chi connectivity index (χ4v) is 2.74. The third-order valence-corrected chi connectivity index (χ3v) is 3.88. The van der Waals surface area contributed by atoms with Crippen molar-refractivity contribution in [2.45, 2.75) is 13.6 Å². The number of aryl methyl sites for hydroxylation is 1. The van der Waals surface area contributed by atoms with Crippen molar-refractivity contribution in [1.29, 1.82) is 0 Å². The predicted molar refractivity (Wildman–Crippen MR) is 89.8 cm³/mol. The second-order valence-corrected chi connectivity index (χ2v) is 5.44. The molecule has 0 bridgehead atoms. The average Bonchev–Trinajstić information content (AvgIpc) is 2.95. The van der Waals surface area contributed by atoms with Crippen LogP contribution in [0.5, 0.6) is 0 Å². The number of rotatable bonds is 3. The number of aromatic nitrogens is 3. The zero-order valence-electron chi connectivity index (χ0n) is 12.3. The molecule has 0 aliphatic carbocycles. The van der Waals surface area contributed by atoms with Gasteiger partial charge in [0.15, 0.2) is 0 Å². The van der Waals surface area contributed by atoms with Crippen LogP contribution in [0.25, 0.3) is 21.8 Å². The number of anilines is 1. The monoisotopic (exact) mass is 288 g/mol. The van der Waals surface area contributed by atoms with Gasteiger partial charge in [-0.25, -0.2) is 4.68 Å². The lowest BCUT2D eigenvalue weighted by Gasteiger charge is -2.10. The van der Waals surface area contributed by atoms with E-state index < -0.39 is 0 Å². The van der Waals surface area contributed by atoms with Gasteiger partial charge in [0.25, 0.3) is 0 Å². The molecule has 0 atom stereocenters. The van der Waals surface area contributed by atoms with Crippen LogP contribution in [0.4, 0.5) is 5.69 Å². The molecule has 3 aromatic carbocycles. The minimum Gasteiger partial charge on any atom is -0.366 e. The minimum atomic E-state index is 0.591. The predicted octanol–water partition coefficient (Wildman–Crippen LogP) is 3.96. The van der Waals surface area contributed by atoms with Gasteiger partial charge in [-0.2, -0.15) is 0 Å². The SMILES string of the molecule is Cc1ccc2c(c1)nnn2CNc1cccc2ccccc12. The van der Waals surface area contributed by atoms with Crippen LogP contribution in [0, 0.1) is 6.92 Å². The summed E-state index contributed by atoms with van der Waals surface area (Å²) in [4.78, 5) is 0. The van der Waals surface area contributed by atoms with E-state index in [-0.39, 0.29) is 0 Å². The van der Waals surface area contributed by atoms with Gasteiger partial charge in [0.1, 0.15) is 12.2 Å². The van der Waals surface area contributed by atoms with Crippen LogP contribution in [0.15, 0.2) is 60.7 Å². The maximum atomic E-state index is 4.24. The molecule has 22 heavy (non-hydrogen) atoms. The number of hydrogen-bond acceptors (Lipinski definition) is 3. The minimum absolute atomic E-state index is 0.591. The van der Waals surface area contributed by atoms with Crippen molar-refractivity contribution in [3.05, 3.63) is 66.2 Å². The molecule has 0 unspecified atom stereocenters. The Bertz CT molecular complexity index is 950. The first kappa shape index (κ1) is 12.8. The summed E-state index contributed by atoms with van der Waals surface area (Å²) < 4.78 is 1.89. The molecule has 0 amide bonds. The maximum Gasteiger partial charge on any atom is 0.113 e. The van der Waals surface area contributed by atoms with Crippen LogP contribution in [0.3, 0.4) is 0 Å². The van der Waals surface area contributed by atoms with Crippen molar-refractivity contribution in [1.82, 2.24) is 15.0 Å². The van der Waals surface area contributed by atoms with E-state index in [0.717, 1.165) is 16.7 Å². The first-order valence-electron chi connectivity index (χ1n) is 7.33. The maximum absolute atomic E-state index is 4.24. The molecule has 108 valence electrons. The van der Waals surface area contributed by atoms with Crippen LogP contribution in [0.1, 0.15) is 5.56 Å². The topological polar surface area (TPSA) is 42.7 Å². The van der Waals surface area contributed by atoms with Crippen LogP contribution in [-0.2, 0) is 6.67 Å². The van der Waals surface area contributed by atoms with Gasteiger partial charge in [-0.05, 0) is 36.1 Å². The van der Waals surface area contributed by atoms with Crippen LogP contribution < -0.4 is 5.32 Å². The fraction of sp³-hybridized carbons (Fsp3) is 0.111. The second-order valence-electron chi connectivity index (χ2n) is 5.44. The quantitative estimate of drug-likeness (QED) is 0.620. The highest BCUT2D eigenvalue weighted by Crippen LogP contribution is 2.23. The number of fused-ring (bicyclic) bond motifs is 2. The molecular formula is C18H16N4. The smallest absolute Gasteiger partial charge is 0.113 e. The van der Waals surface area contributed by atoms with Crippen LogP contribution in [-0.4, -0.2) is 15.0 Å². The molecule has 0 fully saturated rings. The molecular weight excluding hydrogens is 272 g/mol. The number of benzene rings is 3. The largest absolute Gasteiger partial charge is 0.366 e. The molecule has 1 aromatic heterocycles. The summed E-state index contributed by atoms with van der Waals surface area (Å²) in [5.74, 6) is 0. The summed E-state index contributed by atoms with van der Waals surface area (Å²) in [6, 6.07) is 20.8. The molecule has 1 heterocycles. The van der Waals surface area contributed by atoms with Crippen molar-refractivity contribution in [3.8, 4) is 0 Å². The highest BCUT2D eigenvalue weighted by atomic mass is 15.4. The Kier molecular flexibility index (Phi) is 3.00. The molecule has 0 aliphatic rings. The van der Waals surface area contributed by atoms with E-state index in [4.69, 9.17) is 0 Å². The second kappa shape index (κ2) is 5.15. The van der Waals surface area contributed by atoms with Gasteiger partial charge in [-0.1, -0.05) is 47.7 Å². The molecule has 4 nitrogen and oxygen atoms in total. The Hall–Kier alpha value is -2.88. The van der Waals surface area contributed by atoms with Crippen molar-refractivity contribution in [3.63, 3.8) is 0 Å². The van der Waals surface area contributed by atoms with Gasteiger partial charge in [0, 0.05) is 11.1 Å². The highest BCUT2D eigenvalue weighted by molar-refractivity contribution is 5.93. The lowest BCUT2D eigenvalue weighted by atomic mass is 10.1. The Labute approximate surface area is 128 Å². The normalized spacial score (nSPS) is 11.1. The molecule has 4 rings (SSSR count). The third kappa shape index (κ3) is 2.19. The molecule has 4 heteroatoms. The first-order chi connectivity index (χ1) is 10.8. The molecule has 0 saturated carbocycles. The van der Waals surface area contributed by atoms with E-state index in [1.54, 1.807) is 0 Å². The van der Waals surface area contributed by atoms with Crippen molar-refractivity contribution >= 4 is 27.5 Å². The van der Waals surface area contributed by atoms with Crippen LogP contribution >= 0.6 is 0 Å². The number of nitrogens with zero attached hydrogens (tertiary/aromatic N) is 3. The zero-order chi connectivity index (χ0) is 14.9. The zero-order valence-corrected chi connectivity index (χ0v) is 12.3. The van der Waals surface area contributed by atoms with Crippen molar-refractivity contribution in [2.75, 3.05) is 5.32 Å². The van der Waals surface area contributed by atoms with E-state index >= 15 is 0 Å². The summed E-state index contributed by atoms with van der Waals surface area (Å²) in [5.41, 5.74) is 4.27. The number of nitrogens with one attached hydrogen (secondary N) is 1. The van der Waals surface area contributed by atoms with Crippen molar-refractivity contribution in [2.24, 2.45) is 0 Å². The Morgan fingerprint density at radius 1 is 1.00 bits per heavy atom. The fourth-order valence-electron chi connectivity index (χ4n) is 2.74. The van der Waals surface area contributed by atoms with Gasteiger partial charge >= 0.3 is 0 Å². The van der Waals surface area contributed by atoms with E-state index in [1.165, 1.54) is 16.3 Å². The standard InChI is InChI=1S/C18H16N4/c1-13-9-10-18-17(11-13)20-21-22(18)12-19-16-8-4-6-14-5-2-3-7-15(14)16/h2-11,19H,12H2,1H3. The summed E-state index contributed by atoms with van der Waals surface area (Å²) in [7, 11) is 0. The highest BCUT2D eigenvalue weighted by Gasteiger charge is 2.05. The van der Waals surface area contributed by atoms with Gasteiger partial charge < -0.3 is 5.32 Å². The molecule has 4 aromatic rings. The molecule has 0 aliphatic heterocycles. The number of hydrogen-bond donors (Lipinski definition) is 1. The van der Waals surface area contributed by atoms with E-state index in [9.17, 15) is 0 Å². The van der Waals surface area contributed by atoms with Gasteiger partial charge in [-0.3, -0.25) is 0 Å². The van der Waals surface area contributed by atoms with Gasteiger partial charge in [0.05, 0.1) is 5.52 Å². The average molecular weight is 288 g/mol. The van der Waals surface area contributed by atoms with Gasteiger partial charge in [0.2, 0.25) is 0 Å². The lowest BCUT2D eigenvalue weighted by Crippen LogP contribution is -2.09. The summed E-state index contributed by atoms with van der Waals surface area (Å²) in [5, 5.41) is 14.4. The summed E-state index contributed by atoms with van der Waals surface area (Å²) >= 11 is 0. The Morgan fingerprint density at radius 2 is 1.86 bits per heavy atom. The molecule has 0 saturated heterocycles. The summed E-state index contributed by atoms with van der Waals surface area (Å²) in [6.07, 6.45) is 0. The third-order valence-electron chi connectivity index (χ3n) is 3.88. The van der Waals surface area contributed by atoms with E-state index in [2.05, 4.69) is 83.2 Å².